The van der Waals surface area contributed by atoms with Crippen LogP contribution >= 0.6 is 0 Å². The standard InChI is InChI=1S/C16H29NO4/c1-11(2)10-14(16(19)20)17-15(18)12(3)21-13-8-6-4-5-7-9-13/h11-14H,4-10H2,1-3H3,(H,17,18)(H,19,20)/t12?,14-/m0/s1. The SMILES string of the molecule is CC(C)C[C@H](NC(=O)C(C)OC1CCCCCC1)C(=O)O. The summed E-state index contributed by atoms with van der Waals surface area (Å²) in [5.74, 6) is -1.10. The number of hydrogen-bond donors (Lipinski definition) is 2. The molecule has 0 aromatic carbocycles. The number of ether oxygens (including phenoxy) is 1. The molecule has 1 aliphatic rings. The molecule has 21 heavy (non-hydrogen) atoms. The predicted molar refractivity (Wildman–Crippen MR) is 81.1 cm³/mol. The van der Waals surface area contributed by atoms with E-state index in [1.807, 2.05) is 13.8 Å². The topological polar surface area (TPSA) is 75.6 Å². The van der Waals surface area contributed by atoms with Crippen LogP contribution in [-0.2, 0) is 14.3 Å². The van der Waals surface area contributed by atoms with Crippen LogP contribution in [0.1, 0.15) is 65.7 Å². The molecule has 0 heterocycles. The number of carbonyl (C=O) groups excluding carboxylic acids is 1. The molecule has 0 aliphatic heterocycles. The molecule has 0 aromatic rings. The second-order valence-corrected chi connectivity index (χ2v) is 6.42. The van der Waals surface area contributed by atoms with Crippen molar-refractivity contribution < 1.29 is 19.4 Å². The quantitative estimate of drug-likeness (QED) is 0.709. The zero-order valence-electron chi connectivity index (χ0n) is 13.4. The third-order valence-corrected chi connectivity index (χ3v) is 3.89. The van der Waals surface area contributed by atoms with Gasteiger partial charge in [-0.05, 0) is 32.1 Å². The molecule has 1 fully saturated rings. The van der Waals surface area contributed by atoms with Gasteiger partial charge in [-0.1, -0.05) is 39.5 Å². The highest BCUT2D eigenvalue weighted by atomic mass is 16.5. The van der Waals surface area contributed by atoms with E-state index in [0.29, 0.717) is 6.42 Å². The van der Waals surface area contributed by atoms with Gasteiger partial charge in [0.25, 0.3) is 0 Å². The lowest BCUT2D eigenvalue weighted by atomic mass is 10.0. The first kappa shape index (κ1) is 18.0. The van der Waals surface area contributed by atoms with Gasteiger partial charge < -0.3 is 15.2 Å². The highest BCUT2D eigenvalue weighted by molar-refractivity contribution is 5.86. The Morgan fingerprint density at radius 2 is 1.71 bits per heavy atom. The molecule has 1 aliphatic carbocycles. The maximum Gasteiger partial charge on any atom is 0.326 e. The van der Waals surface area contributed by atoms with Crippen LogP contribution in [0.4, 0.5) is 0 Å². The van der Waals surface area contributed by atoms with Crippen molar-refractivity contribution in [3.05, 3.63) is 0 Å². The second-order valence-electron chi connectivity index (χ2n) is 6.42. The van der Waals surface area contributed by atoms with E-state index in [0.717, 1.165) is 25.7 Å². The average Bonchev–Trinajstić information content (AvgIpc) is 2.65. The first-order valence-corrected chi connectivity index (χ1v) is 8.08. The lowest BCUT2D eigenvalue weighted by Gasteiger charge is -2.23. The number of carboxylic acid groups (broad SMARTS) is 1. The van der Waals surface area contributed by atoms with E-state index in [1.54, 1.807) is 6.92 Å². The van der Waals surface area contributed by atoms with Crippen LogP contribution in [0.3, 0.4) is 0 Å². The maximum atomic E-state index is 12.1. The third-order valence-electron chi connectivity index (χ3n) is 3.89. The van der Waals surface area contributed by atoms with E-state index in [1.165, 1.54) is 12.8 Å². The first-order valence-electron chi connectivity index (χ1n) is 8.08. The molecular weight excluding hydrogens is 270 g/mol. The van der Waals surface area contributed by atoms with Gasteiger partial charge in [0, 0.05) is 0 Å². The summed E-state index contributed by atoms with van der Waals surface area (Å²) in [5.41, 5.74) is 0. The minimum atomic E-state index is -0.987. The summed E-state index contributed by atoms with van der Waals surface area (Å²) >= 11 is 0. The minimum Gasteiger partial charge on any atom is -0.480 e. The van der Waals surface area contributed by atoms with Crippen LogP contribution in [-0.4, -0.2) is 35.2 Å². The third kappa shape index (κ3) is 6.93. The molecule has 122 valence electrons. The van der Waals surface area contributed by atoms with Gasteiger partial charge in [0.1, 0.15) is 12.1 Å². The fraction of sp³-hybridized carbons (Fsp3) is 0.875. The highest BCUT2D eigenvalue weighted by Gasteiger charge is 2.26. The van der Waals surface area contributed by atoms with Crippen molar-refractivity contribution in [2.75, 3.05) is 0 Å². The highest BCUT2D eigenvalue weighted by Crippen LogP contribution is 2.21. The molecular formula is C16H29NO4. The lowest BCUT2D eigenvalue weighted by Crippen LogP contribution is -2.46. The summed E-state index contributed by atoms with van der Waals surface area (Å²) in [6, 6.07) is -0.835. The molecule has 0 aromatic heterocycles. The number of amides is 1. The number of nitrogens with one attached hydrogen (secondary N) is 1. The maximum absolute atomic E-state index is 12.1. The predicted octanol–water partition coefficient (Wildman–Crippen LogP) is 2.73. The molecule has 5 heteroatoms. The van der Waals surface area contributed by atoms with Crippen molar-refractivity contribution in [1.29, 1.82) is 0 Å². The molecule has 1 unspecified atom stereocenters. The molecule has 1 saturated carbocycles. The minimum absolute atomic E-state index is 0.127. The monoisotopic (exact) mass is 299 g/mol. The number of hydrogen-bond acceptors (Lipinski definition) is 3. The van der Waals surface area contributed by atoms with Gasteiger partial charge in [0.05, 0.1) is 6.10 Å². The zero-order valence-corrected chi connectivity index (χ0v) is 13.4. The Morgan fingerprint density at radius 1 is 1.14 bits per heavy atom. The summed E-state index contributed by atoms with van der Waals surface area (Å²) < 4.78 is 5.81. The summed E-state index contributed by atoms with van der Waals surface area (Å²) in [5, 5.41) is 11.7. The van der Waals surface area contributed by atoms with E-state index in [4.69, 9.17) is 9.84 Å². The van der Waals surface area contributed by atoms with Gasteiger partial charge in [-0.3, -0.25) is 4.79 Å². The Hall–Kier alpha value is -1.10. The van der Waals surface area contributed by atoms with Crippen molar-refractivity contribution >= 4 is 11.9 Å². The average molecular weight is 299 g/mol. The molecule has 5 nitrogen and oxygen atoms in total. The number of carboxylic acids is 1. The van der Waals surface area contributed by atoms with Gasteiger partial charge in [0.2, 0.25) is 5.91 Å². The van der Waals surface area contributed by atoms with Crippen LogP contribution in [0.25, 0.3) is 0 Å². The molecule has 0 spiro atoms. The van der Waals surface area contributed by atoms with E-state index in [9.17, 15) is 9.59 Å². The van der Waals surface area contributed by atoms with E-state index in [-0.39, 0.29) is 17.9 Å². The van der Waals surface area contributed by atoms with E-state index >= 15 is 0 Å². The van der Waals surface area contributed by atoms with Gasteiger partial charge in [-0.2, -0.15) is 0 Å². The van der Waals surface area contributed by atoms with Crippen LogP contribution in [0.2, 0.25) is 0 Å². The van der Waals surface area contributed by atoms with Crippen molar-refractivity contribution in [2.45, 2.75) is 84.0 Å². The van der Waals surface area contributed by atoms with Crippen molar-refractivity contribution in [2.24, 2.45) is 5.92 Å². The number of aliphatic carboxylic acids is 1. The second kappa shape index (κ2) is 9.03. The number of carbonyl (C=O) groups is 2. The van der Waals surface area contributed by atoms with Crippen LogP contribution < -0.4 is 5.32 Å². The largest absolute Gasteiger partial charge is 0.480 e. The Balaban J connectivity index is 2.46. The smallest absolute Gasteiger partial charge is 0.326 e. The Labute approximate surface area is 127 Å². The summed E-state index contributed by atoms with van der Waals surface area (Å²) in [7, 11) is 0. The molecule has 0 radical (unpaired) electrons. The fourth-order valence-corrected chi connectivity index (χ4v) is 2.71. The molecule has 1 amide bonds. The van der Waals surface area contributed by atoms with Crippen molar-refractivity contribution in [3.8, 4) is 0 Å². The van der Waals surface area contributed by atoms with Crippen molar-refractivity contribution in [3.63, 3.8) is 0 Å². The van der Waals surface area contributed by atoms with Gasteiger partial charge >= 0.3 is 5.97 Å². The van der Waals surface area contributed by atoms with E-state index in [2.05, 4.69) is 5.32 Å². The summed E-state index contributed by atoms with van der Waals surface area (Å²) in [4.78, 5) is 23.3. The van der Waals surface area contributed by atoms with Gasteiger partial charge in [0.15, 0.2) is 0 Å². The zero-order chi connectivity index (χ0) is 15.8. The van der Waals surface area contributed by atoms with Gasteiger partial charge in [-0.25, -0.2) is 4.79 Å². The fourth-order valence-electron chi connectivity index (χ4n) is 2.71. The molecule has 2 atom stereocenters. The van der Waals surface area contributed by atoms with Crippen LogP contribution in [0.15, 0.2) is 0 Å². The lowest BCUT2D eigenvalue weighted by molar-refractivity contribution is -0.145. The van der Waals surface area contributed by atoms with Crippen molar-refractivity contribution in [1.82, 2.24) is 5.32 Å². The van der Waals surface area contributed by atoms with Gasteiger partial charge in [-0.15, -0.1) is 0 Å². The molecule has 0 bridgehead atoms. The van der Waals surface area contributed by atoms with Crippen LogP contribution in [0.5, 0.6) is 0 Å². The molecule has 2 N–H and O–H groups in total. The first-order chi connectivity index (χ1) is 9.90. The van der Waals surface area contributed by atoms with E-state index < -0.39 is 18.1 Å². The normalized spacial score (nSPS) is 19.8. The molecule has 1 rings (SSSR count). The summed E-state index contributed by atoms with van der Waals surface area (Å²) in [6.45, 7) is 5.58. The summed E-state index contributed by atoms with van der Waals surface area (Å²) in [6.07, 6.45) is 6.69. The Bertz CT molecular complexity index is 335. The number of rotatable bonds is 7. The Morgan fingerprint density at radius 3 is 2.19 bits per heavy atom. The molecule has 0 saturated heterocycles. The Kier molecular flexibility index (Phi) is 7.72. The van der Waals surface area contributed by atoms with Crippen LogP contribution in [0, 0.1) is 5.92 Å².